The van der Waals surface area contributed by atoms with E-state index in [0.29, 0.717) is 11.7 Å². The van der Waals surface area contributed by atoms with Gasteiger partial charge < -0.3 is 4.79 Å². The zero-order valence-corrected chi connectivity index (χ0v) is 14.8. The van der Waals surface area contributed by atoms with Crippen molar-refractivity contribution >= 4 is 5.78 Å². The van der Waals surface area contributed by atoms with Crippen LogP contribution in [0.1, 0.15) is 53.9 Å². The summed E-state index contributed by atoms with van der Waals surface area (Å²) >= 11 is 0. The predicted molar refractivity (Wildman–Crippen MR) is 95.6 cm³/mol. The van der Waals surface area contributed by atoms with Crippen molar-refractivity contribution in [3.8, 4) is 0 Å². The van der Waals surface area contributed by atoms with E-state index >= 15 is 0 Å². The first-order valence-electron chi connectivity index (χ1n) is 8.13. The number of nitrogens with zero attached hydrogens (tertiary/aromatic N) is 1. The highest BCUT2D eigenvalue weighted by Gasteiger charge is 2.20. The largest absolute Gasteiger partial charge is 0.300 e. The summed E-state index contributed by atoms with van der Waals surface area (Å²) in [5.41, 5.74) is 1.30. The topological polar surface area (TPSA) is 20.3 Å². The minimum Gasteiger partial charge on any atom is -0.300 e. The summed E-state index contributed by atoms with van der Waals surface area (Å²) in [6, 6.07) is 0. The fourth-order valence-corrected chi connectivity index (χ4v) is 2.29. The Labute approximate surface area is 132 Å². The molecule has 0 atom stereocenters. The van der Waals surface area contributed by atoms with Crippen molar-refractivity contribution in [3.05, 3.63) is 37.0 Å². The van der Waals surface area contributed by atoms with Crippen molar-refractivity contribution < 1.29 is 4.79 Å². The van der Waals surface area contributed by atoms with Crippen LogP contribution < -0.4 is 0 Å². The van der Waals surface area contributed by atoms with E-state index in [1.165, 1.54) is 5.57 Å². The molecule has 0 saturated carbocycles. The molecule has 1 aliphatic heterocycles. The van der Waals surface area contributed by atoms with Gasteiger partial charge in [0.05, 0.1) is 0 Å². The minimum atomic E-state index is 0.332. The standard InChI is InChI=1S/C14H23NO.C3H6.C2H6/c1-4-13(5-2)11-15-8-6-14(7-9-15)10-12(3)16;1-3-2;1-2/h4-5,14H,1,6-11H2,2-3H3;3H,1H2,2H3;1-2H3/b13-5+;;. The van der Waals surface area contributed by atoms with Crippen molar-refractivity contribution in [2.75, 3.05) is 19.6 Å². The number of allylic oxidation sites excluding steroid dienone is 2. The molecule has 0 radical (unpaired) electrons. The Bertz CT molecular complexity index is 310. The maximum atomic E-state index is 11.0. The zero-order valence-electron chi connectivity index (χ0n) is 14.8. The number of hydrogen-bond donors (Lipinski definition) is 0. The van der Waals surface area contributed by atoms with Gasteiger partial charge in [-0.15, -0.1) is 6.58 Å². The van der Waals surface area contributed by atoms with Gasteiger partial charge in [-0.25, -0.2) is 0 Å². The van der Waals surface area contributed by atoms with Gasteiger partial charge in [-0.1, -0.05) is 38.7 Å². The van der Waals surface area contributed by atoms with E-state index in [-0.39, 0.29) is 0 Å². The van der Waals surface area contributed by atoms with Gasteiger partial charge >= 0.3 is 0 Å². The first kappa shape index (κ1) is 22.1. The molecule has 0 amide bonds. The molecule has 0 aromatic heterocycles. The number of likely N-dealkylation sites (tertiary alicyclic amines) is 1. The van der Waals surface area contributed by atoms with Crippen LogP contribution in [-0.4, -0.2) is 30.3 Å². The molecule has 1 saturated heterocycles. The van der Waals surface area contributed by atoms with Crippen LogP contribution in [0.2, 0.25) is 0 Å². The van der Waals surface area contributed by atoms with Crippen molar-refractivity contribution in [3.63, 3.8) is 0 Å². The smallest absolute Gasteiger partial charge is 0.130 e. The van der Waals surface area contributed by atoms with Gasteiger partial charge in [0.25, 0.3) is 0 Å². The Morgan fingerprint density at radius 1 is 1.19 bits per heavy atom. The van der Waals surface area contributed by atoms with Gasteiger partial charge in [-0.05, 0) is 58.2 Å². The van der Waals surface area contributed by atoms with E-state index in [4.69, 9.17) is 0 Å². The first-order chi connectivity index (χ1) is 10.1. The van der Waals surface area contributed by atoms with Crippen LogP contribution in [0.4, 0.5) is 0 Å². The van der Waals surface area contributed by atoms with E-state index in [9.17, 15) is 4.79 Å². The van der Waals surface area contributed by atoms with Gasteiger partial charge in [0.1, 0.15) is 5.78 Å². The summed E-state index contributed by atoms with van der Waals surface area (Å²) in [5, 5.41) is 0. The molecule has 2 nitrogen and oxygen atoms in total. The second-order valence-corrected chi connectivity index (χ2v) is 5.10. The van der Waals surface area contributed by atoms with Gasteiger partial charge in [0.15, 0.2) is 0 Å². The highest BCUT2D eigenvalue weighted by molar-refractivity contribution is 5.75. The van der Waals surface area contributed by atoms with Crippen LogP contribution in [0.3, 0.4) is 0 Å². The molecule has 0 aliphatic carbocycles. The molecule has 1 fully saturated rings. The summed E-state index contributed by atoms with van der Waals surface area (Å²) in [4.78, 5) is 13.5. The Morgan fingerprint density at radius 2 is 1.67 bits per heavy atom. The maximum Gasteiger partial charge on any atom is 0.130 e. The number of piperidine rings is 1. The molecule has 2 heteroatoms. The third kappa shape index (κ3) is 12.3. The van der Waals surface area contributed by atoms with Crippen molar-refractivity contribution in [2.45, 2.75) is 53.9 Å². The molecule has 0 unspecified atom stereocenters. The first-order valence-corrected chi connectivity index (χ1v) is 8.13. The monoisotopic (exact) mass is 293 g/mol. The van der Waals surface area contributed by atoms with Crippen LogP contribution >= 0.6 is 0 Å². The van der Waals surface area contributed by atoms with Crippen LogP contribution in [0, 0.1) is 5.92 Å². The van der Waals surface area contributed by atoms with Crippen molar-refractivity contribution in [2.24, 2.45) is 5.92 Å². The summed E-state index contributed by atoms with van der Waals surface area (Å²) in [5.74, 6) is 0.949. The summed E-state index contributed by atoms with van der Waals surface area (Å²) in [7, 11) is 0. The van der Waals surface area contributed by atoms with Gasteiger partial charge in [0.2, 0.25) is 0 Å². The average molecular weight is 293 g/mol. The number of rotatable bonds is 5. The number of carbonyl (C=O) groups is 1. The zero-order chi connectivity index (χ0) is 16.7. The van der Waals surface area contributed by atoms with E-state index in [1.807, 2.05) is 26.8 Å². The number of ketones is 1. The summed E-state index contributed by atoms with van der Waals surface area (Å²) in [6.45, 7) is 20.0. The molecule has 1 rings (SSSR count). The lowest BCUT2D eigenvalue weighted by atomic mass is 9.92. The van der Waals surface area contributed by atoms with E-state index in [1.54, 1.807) is 13.0 Å². The Hall–Kier alpha value is -1.15. The third-order valence-electron chi connectivity index (χ3n) is 3.32. The number of carbonyl (C=O) groups excluding carboxylic acids is 1. The highest BCUT2D eigenvalue weighted by atomic mass is 16.1. The molecule has 0 aromatic carbocycles. The Balaban J connectivity index is 0. The molecule has 1 aliphatic rings. The number of hydrogen-bond acceptors (Lipinski definition) is 2. The molecule has 21 heavy (non-hydrogen) atoms. The fraction of sp³-hybridized carbons (Fsp3) is 0.632. The predicted octanol–water partition coefficient (Wildman–Crippen LogP) is 5.03. The third-order valence-corrected chi connectivity index (χ3v) is 3.32. The molecular weight excluding hydrogens is 258 g/mol. The van der Waals surface area contributed by atoms with Crippen LogP contribution in [0.15, 0.2) is 37.0 Å². The van der Waals surface area contributed by atoms with Crippen LogP contribution in [0.5, 0.6) is 0 Å². The molecule has 0 bridgehead atoms. The lowest BCUT2D eigenvalue weighted by Gasteiger charge is -2.31. The molecule has 0 N–H and O–H groups in total. The van der Waals surface area contributed by atoms with Gasteiger partial charge in [-0.3, -0.25) is 4.90 Å². The quantitative estimate of drug-likeness (QED) is 0.523. The van der Waals surface area contributed by atoms with Gasteiger partial charge in [-0.2, -0.15) is 0 Å². The normalized spacial score (nSPS) is 16.0. The second kappa shape index (κ2) is 15.2. The van der Waals surface area contributed by atoms with E-state index in [0.717, 1.165) is 38.9 Å². The van der Waals surface area contributed by atoms with Crippen LogP contribution in [-0.2, 0) is 4.79 Å². The Morgan fingerprint density at radius 3 is 2.00 bits per heavy atom. The van der Waals surface area contributed by atoms with E-state index in [2.05, 4.69) is 31.1 Å². The summed E-state index contributed by atoms with van der Waals surface area (Å²) in [6.07, 6.45) is 8.89. The fourth-order valence-electron chi connectivity index (χ4n) is 2.29. The highest BCUT2D eigenvalue weighted by Crippen LogP contribution is 2.21. The maximum absolute atomic E-state index is 11.0. The minimum absolute atomic E-state index is 0.332. The second-order valence-electron chi connectivity index (χ2n) is 5.10. The SMILES string of the molecule is C=C/C(=C\C)CN1CCC(CC(C)=O)CC1.C=CC.CC. The lowest BCUT2D eigenvalue weighted by Crippen LogP contribution is -2.35. The van der Waals surface area contributed by atoms with E-state index < -0.39 is 0 Å². The molecule has 0 aromatic rings. The molecule has 1 heterocycles. The Kier molecular flexibility index (Phi) is 16.1. The lowest BCUT2D eigenvalue weighted by molar-refractivity contribution is -0.118. The number of Topliss-reactive ketones (excluding diaryl/α,β-unsaturated/α-hetero) is 1. The van der Waals surface area contributed by atoms with Gasteiger partial charge in [0, 0.05) is 13.0 Å². The van der Waals surface area contributed by atoms with Crippen LogP contribution in [0.25, 0.3) is 0 Å². The average Bonchev–Trinajstić information content (AvgIpc) is 2.49. The molecular formula is C19H35NO. The molecule has 122 valence electrons. The van der Waals surface area contributed by atoms with Crippen molar-refractivity contribution in [1.82, 2.24) is 4.90 Å². The summed E-state index contributed by atoms with van der Waals surface area (Å²) < 4.78 is 0. The van der Waals surface area contributed by atoms with Crippen molar-refractivity contribution in [1.29, 1.82) is 0 Å². The molecule has 0 spiro atoms.